The van der Waals surface area contributed by atoms with Crippen LogP contribution in [0.5, 0.6) is 0 Å². The van der Waals surface area contributed by atoms with Crippen LogP contribution >= 0.6 is 22.7 Å². The zero-order chi connectivity index (χ0) is 32.1. The quantitative estimate of drug-likeness (QED) is 0.201. The average Bonchev–Trinajstić information content (AvgIpc) is 3.85. The lowest BCUT2D eigenvalue weighted by molar-refractivity contribution is 0.568. The van der Waals surface area contributed by atoms with Gasteiger partial charge in [0.25, 0.3) is 0 Å². The Morgan fingerprint density at radius 3 is 2.02 bits per heavy atom. The van der Waals surface area contributed by atoms with Gasteiger partial charge in [-0.1, -0.05) is 121 Å². The summed E-state index contributed by atoms with van der Waals surface area (Å²) < 4.78 is 7.94. The number of allylic oxidation sites excluding steroid dienone is 2. The SMILES string of the molecule is C1=CC2=C(c3ccccc3)[N-]C(c3ccc(-n4c5ccccc5c5c6c7ccccc7sc6c6sc7ccccc7c6c54)cc3)NC2C=C1. The van der Waals surface area contributed by atoms with Gasteiger partial charge in [-0.25, -0.2) is 0 Å². The smallest absolute Gasteiger partial charge is 0.0641 e. The second kappa shape index (κ2) is 10.5. The van der Waals surface area contributed by atoms with E-state index in [1.54, 1.807) is 0 Å². The molecule has 9 aromatic rings. The number of rotatable bonds is 3. The minimum Gasteiger partial charge on any atom is -0.665 e. The van der Waals surface area contributed by atoms with E-state index in [1.807, 2.05) is 22.7 Å². The van der Waals surface area contributed by atoms with Gasteiger partial charge in [-0.15, -0.1) is 28.4 Å². The Balaban J connectivity index is 1.15. The predicted molar refractivity (Wildman–Crippen MR) is 211 cm³/mol. The zero-order valence-electron chi connectivity index (χ0n) is 26.3. The topological polar surface area (TPSA) is 31.1 Å². The second-order valence-electron chi connectivity index (χ2n) is 12.9. The molecule has 1 aliphatic heterocycles. The zero-order valence-corrected chi connectivity index (χ0v) is 27.9. The Morgan fingerprint density at radius 2 is 1.24 bits per heavy atom. The Morgan fingerprint density at radius 1 is 0.592 bits per heavy atom. The lowest BCUT2D eigenvalue weighted by Crippen LogP contribution is -2.37. The third-order valence-corrected chi connectivity index (χ3v) is 12.7. The fourth-order valence-electron chi connectivity index (χ4n) is 8.03. The van der Waals surface area contributed by atoms with Crippen LogP contribution in [0, 0.1) is 0 Å². The van der Waals surface area contributed by atoms with E-state index >= 15 is 0 Å². The number of aromatic nitrogens is 1. The molecule has 11 rings (SSSR count). The predicted octanol–water partition coefficient (Wildman–Crippen LogP) is 12.4. The Hall–Kier alpha value is -5.46. The maximum atomic E-state index is 5.30. The van der Waals surface area contributed by atoms with Crippen LogP contribution in [0.1, 0.15) is 17.3 Å². The maximum absolute atomic E-state index is 5.30. The van der Waals surface area contributed by atoms with E-state index in [0.29, 0.717) is 0 Å². The number of hydrogen-bond donors (Lipinski definition) is 1. The first-order valence-electron chi connectivity index (χ1n) is 16.7. The van der Waals surface area contributed by atoms with Crippen molar-refractivity contribution in [3.05, 3.63) is 174 Å². The monoisotopic (exact) mass is 662 g/mol. The molecule has 1 N–H and O–H groups in total. The molecule has 0 amide bonds. The molecule has 0 radical (unpaired) electrons. The fraction of sp³-hybridized carbons (Fsp3) is 0.0455. The van der Waals surface area contributed by atoms with Crippen molar-refractivity contribution in [1.82, 2.24) is 9.88 Å². The van der Waals surface area contributed by atoms with Crippen LogP contribution in [-0.2, 0) is 0 Å². The highest BCUT2D eigenvalue weighted by atomic mass is 32.1. The minimum atomic E-state index is -0.156. The van der Waals surface area contributed by atoms with Gasteiger partial charge in [0.05, 0.1) is 20.4 Å². The van der Waals surface area contributed by atoms with Gasteiger partial charge in [0, 0.05) is 53.4 Å². The molecule has 2 aliphatic rings. The van der Waals surface area contributed by atoms with Crippen molar-refractivity contribution < 1.29 is 0 Å². The van der Waals surface area contributed by atoms with Crippen molar-refractivity contribution >= 4 is 90.5 Å². The van der Waals surface area contributed by atoms with Crippen LogP contribution < -0.4 is 5.32 Å². The summed E-state index contributed by atoms with van der Waals surface area (Å²) in [7, 11) is 0. The first-order valence-corrected chi connectivity index (χ1v) is 18.3. The van der Waals surface area contributed by atoms with Crippen LogP contribution in [-0.4, -0.2) is 10.6 Å². The largest absolute Gasteiger partial charge is 0.665 e. The molecule has 0 saturated heterocycles. The lowest BCUT2D eigenvalue weighted by atomic mass is 9.92. The Bertz CT molecular complexity index is 2880. The summed E-state index contributed by atoms with van der Waals surface area (Å²) in [6.45, 7) is 0. The summed E-state index contributed by atoms with van der Waals surface area (Å²) >= 11 is 3.86. The first-order chi connectivity index (χ1) is 24.3. The number of hydrogen-bond acceptors (Lipinski definition) is 3. The van der Waals surface area contributed by atoms with Crippen molar-refractivity contribution in [3.63, 3.8) is 0 Å². The normalized spacial score (nSPS) is 17.6. The molecule has 232 valence electrons. The summed E-state index contributed by atoms with van der Waals surface area (Å²) in [5.74, 6) is 0. The van der Waals surface area contributed by atoms with Gasteiger partial charge in [0.15, 0.2) is 0 Å². The van der Waals surface area contributed by atoms with E-state index in [-0.39, 0.29) is 12.2 Å². The van der Waals surface area contributed by atoms with Crippen LogP contribution in [0.3, 0.4) is 0 Å². The van der Waals surface area contributed by atoms with Crippen molar-refractivity contribution in [3.8, 4) is 5.69 Å². The van der Waals surface area contributed by atoms with Crippen LogP contribution in [0.15, 0.2) is 157 Å². The maximum Gasteiger partial charge on any atom is 0.0641 e. The summed E-state index contributed by atoms with van der Waals surface area (Å²) in [5.41, 5.74) is 8.24. The summed E-state index contributed by atoms with van der Waals surface area (Å²) in [4.78, 5) is 0. The van der Waals surface area contributed by atoms with Gasteiger partial charge >= 0.3 is 0 Å². The van der Waals surface area contributed by atoms with Crippen LogP contribution in [0.2, 0.25) is 0 Å². The van der Waals surface area contributed by atoms with E-state index in [9.17, 15) is 0 Å². The molecule has 6 aromatic carbocycles. The highest BCUT2D eigenvalue weighted by molar-refractivity contribution is 7.33. The molecule has 3 nitrogen and oxygen atoms in total. The Kier molecular flexibility index (Phi) is 5.90. The number of nitrogens with zero attached hydrogens (tertiary/aromatic N) is 2. The summed E-state index contributed by atoms with van der Waals surface area (Å²) in [6, 6.07) is 46.5. The lowest BCUT2D eigenvalue weighted by Gasteiger charge is -2.46. The fourth-order valence-corrected chi connectivity index (χ4v) is 10.6. The number of nitrogens with one attached hydrogen (secondary N) is 1. The molecule has 2 atom stereocenters. The number of para-hydroxylation sites is 1. The van der Waals surface area contributed by atoms with Crippen LogP contribution in [0.25, 0.3) is 78.9 Å². The third-order valence-electron chi connectivity index (χ3n) is 10.2. The first kappa shape index (κ1) is 27.5. The molecule has 4 heterocycles. The molecule has 0 bridgehead atoms. The second-order valence-corrected chi connectivity index (χ2v) is 15.0. The molecule has 0 fully saturated rings. The molecule has 2 unspecified atom stereocenters. The summed E-state index contributed by atoms with van der Waals surface area (Å²) in [6.07, 6.45) is 8.50. The Labute approximate surface area is 290 Å². The molecule has 3 aromatic heterocycles. The van der Waals surface area contributed by atoms with Crippen molar-refractivity contribution in [2.24, 2.45) is 0 Å². The minimum absolute atomic E-state index is 0.114. The highest BCUT2D eigenvalue weighted by Crippen LogP contribution is 2.52. The number of fused-ring (bicyclic) bond motifs is 13. The van der Waals surface area contributed by atoms with Gasteiger partial charge < -0.3 is 15.2 Å². The molecule has 1 aliphatic carbocycles. The number of thiophene rings is 2. The van der Waals surface area contributed by atoms with E-state index in [1.165, 1.54) is 67.7 Å². The van der Waals surface area contributed by atoms with E-state index < -0.39 is 0 Å². The van der Waals surface area contributed by atoms with Gasteiger partial charge in [0.2, 0.25) is 0 Å². The van der Waals surface area contributed by atoms with Crippen molar-refractivity contribution in [2.75, 3.05) is 0 Å². The van der Waals surface area contributed by atoms with Crippen LogP contribution in [0.4, 0.5) is 0 Å². The van der Waals surface area contributed by atoms with Gasteiger partial charge in [-0.05, 0) is 53.2 Å². The molecule has 0 spiro atoms. The van der Waals surface area contributed by atoms with Gasteiger partial charge in [-0.3, -0.25) is 0 Å². The standard InChI is InChI=1S/C44H28N3S2/c1-2-12-26(13-3-1)40-29-14-4-8-18-33(29)45-44(46-40)27-22-24-28(25-23-27)47-34-19-9-5-15-30(34)37-38-31-16-6-10-20-35(31)48-42(38)43-39(41(37)47)32-17-7-11-21-36(32)49-43/h1-25,33,44-45H/q-1. The molecule has 49 heavy (non-hydrogen) atoms. The number of benzene rings is 6. The average molecular weight is 663 g/mol. The van der Waals surface area contributed by atoms with Crippen molar-refractivity contribution in [2.45, 2.75) is 12.2 Å². The third kappa shape index (κ3) is 3.98. The van der Waals surface area contributed by atoms with Gasteiger partial charge in [-0.2, -0.15) is 0 Å². The van der Waals surface area contributed by atoms with E-state index in [4.69, 9.17) is 5.32 Å². The van der Waals surface area contributed by atoms with E-state index in [2.05, 4.69) is 162 Å². The molecule has 0 saturated carbocycles. The molecular weight excluding hydrogens is 635 g/mol. The molecular formula is C44H28N3S2-. The highest BCUT2D eigenvalue weighted by Gasteiger charge is 2.25. The van der Waals surface area contributed by atoms with Crippen molar-refractivity contribution in [1.29, 1.82) is 0 Å². The molecule has 5 heteroatoms. The van der Waals surface area contributed by atoms with Gasteiger partial charge in [0.1, 0.15) is 0 Å². The summed E-state index contributed by atoms with van der Waals surface area (Å²) in [5, 5.41) is 17.1. The van der Waals surface area contributed by atoms with E-state index in [0.717, 1.165) is 22.5 Å².